The third-order valence-electron chi connectivity index (χ3n) is 3.59. The molecule has 4 rings (SSSR count). The van der Waals surface area contributed by atoms with Gasteiger partial charge in [0, 0.05) is 10.0 Å². The average Bonchev–Trinajstić information content (AvgIpc) is 2.09. The number of hydrogen-bond donors (Lipinski definition) is 1. The van der Waals surface area contributed by atoms with E-state index in [9.17, 15) is 9.18 Å². The van der Waals surface area contributed by atoms with E-state index in [0.29, 0.717) is 10.0 Å². The fourth-order valence-electron chi connectivity index (χ4n) is 2.61. The summed E-state index contributed by atoms with van der Waals surface area (Å²) in [5.41, 5.74) is 0.571. The molecular formula is C12H11BrFNO. The molecule has 0 heterocycles. The van der Waals surface area contributed by atoms with Crippen LogP contribution in [0.25, 0.3) is 0 Å². The van der Waals surface area contributed by atoms with Gasteiger partial charge in [0.15, 0.2) is 0 Å². The van der Waals surface area contributed by atoms with E-state index in [4.69, 9.17) is 0 Å². The molecule has 1 aromatic rings. The zero-order valence-electron chi connectivity index (χ0n) is 8.59. The molecule has 0 aliphatic heterocycles. The molecule has 84 valence electrons. The fourth-order valence-corrected chi connectivity index (χ4v) is 3.14. The maximum Gasteiger partial charge on any atom is 0.252 e. The van der Waals surface area contributed by atoms with Crippen molar-refractivity contribution in [1.29, 1.82) is 0 Å². The van der Waals surface area contributed by atoms with Crippen LogP contribution in [0.5, 0.6) is 0 Å². The second kappa shape index (κ2) is 3.29. The Bertz CT molecular complexity index is 457. The summed E-state index contributed by atoms with van der Waals surface area (Å²) < 4.78 is 13.4. The van der Waals surface area contributed by atoms with Crippen molar-refractivity contribution in [2.24, 2.45) is 5.92 Å². The van der Waals surface area contributed by atoms with Gasteiger partial charge in [0.05, 0.1) is 5.56 Å². The molecule has 0 radical (unpaired) electrons. The summed E-state index contributed by atoms with van der Waals surface area (Å²) >= 11 is 3.21. The SMILES string of the molecule is O=C(NC12CC(C1)C2)c1ccc(F)cc1Br. The van der Waals surface area contributed by atoms with Gasteiger partial charge in [-0.15, -0.1) is 0 Å². The predicted octanol–water partition coefficient (Wildman–Crippen LogP) is 2.87. The van der Waals surface area contributed by atoms with Crippen LogP contribution in [0.2, 0.25) is 0 Å². The monoisotopic (exact) mass is 283 g/mol. The minimum Gasteiger partial charge on any atom is -0.347 e. The summed E-state index contributed by atoms with van der Waals surface area (Å²) in [4.78, 5) is 11.9. The normalized spacial score (nSPS) is 30.2. The summed E-state index contributed by atoms with van der Waals surface area (Å²) in [5, 5.41) is 3.04. The van der Waals surface area contributed by atoms with E-state index in [-0.39, 0.29) is 17.3 Å². The molecule has 1 aromatic carbocycles. The minimum atomic E-state index is -0.339. The summed E-state index contributed by atoms with van der Waals surface area (Å²) in [5.74, 6) is 0.385. The van der Waals surface area contributed by atoms with Gasteiger partial charge in [-0.05, 0) is 59.3 Å². The van der Waals surface area contributed by atoms with Crippen molar-refractivity contribution in [3.05, 3.63) is 34.1 Å². The first-order chi connectivity index (χ1) is 7.58. The van der Waals surface area contributed by atoms with Crippen molar-refractivity contribution in [2.75, 3.05) is 0 Å². The molecule has 2 bridgehead atoms. The van der Waals surface area contributed by atoms with E-state index in [1.165, 1.54) is 18.2 Å². The molecule has 0 spiro atoms. The second-order valence-electron chi connectivity index (χ2n) is 4.84. The van der Waals surface area contributed by atoms with Crippen LogP contribution in [0.3, 0.4) is 0 Å². The van der Waals surface area contributed by atoms with Gasteiger partial charge < -0.3 is 5.32 Å². The first-order valence-corrected chi connectivity index (χ1v) is 6.15. The molecule has 0 unspecified atom stereocenters. The zero-order chi connectivity index (χ0) is 11.3. The van der Waals surface area contributed by atoms with Gasteiger partial charge >= 0.3 is 0 Å². The Kier molecular flexibility index (Phi) is 2.11. The molecular weight excluding hydrogens is 273 g/mol. The maximum absolute atomic E-state index is 12.9. The summed E-state index contributed by atoms with van der Waals surface area (Å²) in [6.45, 7) is 0. The van der Waals surface area contributed by atoms with Crippen molar-refractivity contribution >= 4 is 21.8 Å². The highest BCUT2D eigenvalue weighted by Crippen LogP contribution is 2.57. The number of halogens is 2. The molecule has 1 amide bonds. The Morgan fingerprint density at radius 3 is 2.62 bits per heavy atom. The summed E-state index contributed by atoms with van der Waals surface area (Å²) in [7, 11) is 0. The van der Waals surface area contributed by atoms with E-state index in [1.54, 1.807) is 0 Å². The van der Waals surface area contributed by atoms with E-state index in [0.717, 1.165) is 25.2 Å². The number of carbonyl (C=O) groups excluding carboxylic acids is 1. The first kappa shape index (κ1) is 10.3. The predicted molar refractivity (Wildman–Crippen MR) is 61.6 cm³/mol. The highest BCUT2D eigenvalue weighted by atomic mass is 79.9. The van der Waals surface area contributed by atoms with Crippen LogP contribution in [0, 0.1) is 11.7 Å². The van der Waals surface area contributed by atoms with Crippen molar-refractivity contribution < 1.29 is 9.18 Å². The third kappa shape index (κ3) is 1.47. The molecule has 3 aliphatic carbocycles. The molecule has 0 saturated heterocycles. The van der Waals surface area contributed by atoms with Crippen LogP contribution in [0.1, 0.15) is 29.6 Å². The zero-order valence-corrected chi connectivity index (χ0v) is 10.2. The molecule has 3 fully saturated rings. The van der Waals surface area contributed by atoms with Crippen LogP contribution in [0.4, 0.5) is 4.39 Å². The van der Waals surface area contributed by atoms with E-state index < -0.39 is 0 Å². The molecule has 0 aromatic heterocycles. The number of nitrogens with one attached hydrogen (secondary N) is 1. The number of hydrogen-bond acceptors (Lipinski definition) is 1. The molecule has 3 saturated carbocycles. The van der Waals surface area contributed by atoms with Gasteiger partial charge in [0.1, 0.15) is 5.82 Å². The number of amides is 1. The van der Waals surface area contributed by atoms with Crippen LogP contribution in [-0.2, 0) is 0 Å². The van der Waals surface area contributed by atoms with Crippen LogP contribution in [-0.4, -0.2) is 11.4 Å². The smallest absolute Gasteiger partial charge is 0.252 e. The van der Waals surface area contributed by atoms with Crippen molar-refractivity contribution in [1.82, 2.24) is 5.32 Å². The Morgan fingerprint density at radius 1 is 1.44 bits per heavy atom. The van der Waals surface area contributed by atoms with Crippen molar-refractivity contribution in [3.63, 3.8) is 0 Å². The van der Waals surface area contributed by atoms with E-state index in [2.05, 4.69) is 21.2 Å². The maximum atomic E-state index is 12.9. The van der Waals surface area contributed by atoms with Gasteiger partial charge in [-0.25, -0.2) is 4.39 Å². The largest absolute Gasteiger partial charge is 0.347 e. The lowest BCUT2D eigenvalue weighted by molar-refractivity contribution is -0.0438. The van der Waals surface area contributed by atoms with Gasteiger partial charge in [0.2, 0.25) is 0 Å². The lowest BCUT2D eigenvalue weighted by Crippen LogP contribution is -2.68. The number of carbonyl (C=O) groups is 1. The van der Waals surface area contributed by atoms with Gasteiger partial charge in [-0.1, -0.05) is 0 Å². The van der Waals surface area contributed by atoms with Gasteiger partial charge in [-0.2, -0.15) is 0 Å². The van der Waals surface area contributed by atoms with Crippen LogP contribution < -0.4 is 5.32 Å². The highest BCUT2D eigenvalue weighted by Gasteiger charge is 2.57. The third-order valence-corrected chi connectivity index (χ3v) is 4.25. The quantitative estimate of drug-likeness (QED) is 0.889. The lowest BCUT2D eigenvalue weighted by atomic mass is 9.50. The Hall–Kier alpha value is -0.900. The topological polar surface area (TPSA) is 29.1 Å². The van der Waals surface area contributed by atoms with Crippen LogP contribution >= 0.6 is 15.9 Å². The number of benzene rings is 1. The highest BCUT2D eigenvalue weighted by molar-refractivity contribution is 9.10. The van der Waals surface area contributed by atoms with Crippen molar-refractivity contribution in [3.8, 4) is 0 Å². The van der Waals surface area contributed by atoms with Crippen molar-refractivity contribution in [2.45, 2.75) is 24.8 Å². The Morgan fingerprint density at radius 2 is 2.12 bits per heavy atom. The van der Waals surface area contributed by atoms with Gasteiger partial charge in [-0.3, -0.25) is 4.79 Å². The molecule has 1 N–H and O–H groups in total. The molecule has 3 aliphatic rings. The van der Waals surface area contributed by atoms with E-state index >= 15 is 0 Å². The molecule has 0 atom stereocenters. The first-order valence-electron chi connectivity index (χ1n) is 5.36. The number of rotatable bonds is 2. The molecule has 4 heteroatoms. The molecule has 16 heavy (non-hydrogen) atoms. The standard InChI is InChI=1S/C12H11BrFNO/c13-10-3-8(14)1-2-9(10)11(16)15-12-4-7(5-12)6-12/h1-3,7H,4-6H2,(H,15,16). The minimum absolute atomic E-state index is 0.0651. The van der Waals surface area contributed by atoms with E-state index in [1.807, 2.05) is 0 Å². The molecule has 2 nitrogen and oxygen atoms in total. The lowest BCUT2D eigenvalue weighted by Gasteiger charge is -2.61. The van der Waals surface area contributed by atoms with Crippen LogP contribution in [0.15, 0.2) is 22.7 Å². The van der Waals surface area contributed by atoms with Gasteiger partial charge in [0.25, 0.3) is 5.91 Å². The Balaban J connectivity index is 1.78. The Labute approximate surface area is 101 Å². The second-order valence-corrected chi connectivity index (χ2v) is 5.69. The fraction of sp³-hybridized carbons (Fsp3) is 0.417. The summed E-state index contributed by atoms with van der Waals surface area (Å²) in [6.07, 6.45) is 3.33. The summed E-state index contributed by atoms with van der Waals surface area (Å²) in [6, 6.07) is 4.14. The average molecular weight is 284 g/mol.